The van der Waals surface area contributed by atoms with Crippen molar-refractivity contribution in [1.29, 1.82) is 0 Å². The molecule has 1 aliphatic heterocycles. The maximum atomic E-state index is 11.3. The molecule has 1 aromatic carbocycles. The summed E-state index contributed by atoms with van der Waals surface area (Å²) in [6.45, 7) is 5.38. The molecule has 1 aliphatic rings. The maximum absolute atomic E-state index is 11.3. The van der Waals surface area contributed by atoms with Crippen LogP contribution in [-0.2, 0) is 4.79 Å². The minimum Gasteiger partial charge on any atom is -0.497 e. The van der Waals surface area contributed by atoms with Gasteiger partial charge in [-0.05, 0) is 105 Å². The molecule has 7 heteroatoms. The molecule has 2 aromatic rings. The number of pyridine rings is 1. The van der Waals surface area contributed by atoms with Gasteiger partial charge in [-0.3, -0.25) is 9.78 Å². The molecular weight excluding hydrogens is 460 g/mol. The van der Waals surface area contributed by atoms with Gasteiger partial charge in [-0.15, -0.1) is 0 Å². The van der Waals surface area contributed by atoms with Gasteiger partial charge in [0.25, 0.3) is 0 Å². The molecular formula is C28H42N2O4S. The van der Waals surface area contributed by atoms with Gasteiger partial charge >= 0.3 is 5.97 Å². The SMILES string of the molecule is CCCCSCCCN1CCC(CC[C@H](O)c2ccnc3ccc(OC)cc23)C(CCC(=O)O)C1. The van der Waals surface area contributed by atoms with Crippen LogP contribution in [0.25, 0.3) is 10.9 Å². The molecule has 1 aromatic heterocycles. The molecule has 0 saturated carbocycles. The maximum Gasteiger partial charge on any atom is 0.303 e. The third-order valence-corrected chi connectivity index (χ3v) is 8.42. The second kappa shape index (κ2) is 14.7. The highest BCUT2D eigenvalue weighted by Gasteiger charge is 2.30. The van der Waals surface area contributed by atoms with E-state index in [9.17, 15) is 15.0 Å². The minimum atomic E-state index is -0.717. The molecule has 2 heterocycles. The molecule has 0 radical (unpaired) electrons. The van der Waals surface area contributed by atoms with Crippen molar-refractivity contribution in [1.82, 2.24) is 9.88 Å². The van der Waals surface area contributed by atoms with Crippen molar-refractivity contribution in [2.75, 3.05) is 38.2 Å². The molecule has 194 valence electrons. The fraction of sp³-hybridized carbons (Fsp3) is 0.643. The lowest BCUT2D eigenvalue weighted by molar-refractivity contribution is -0.137. The standard InChI is InChI=1S/C28H42N2O4S/c1-3-4-17-35-18-5-15-30-16-13-21(22(20-30)7-11-28(32)33)6-10-27(31)24-12-14-29-26-9-8-23(34-2)19-25(24)26/h8-9,12,14,19,21-22,27,31H,3-7,10-11,13,15-18,20H2,1-2H3,(H,32,33)/t21?,22?,27-/m0/s1. The number of likely N-dealkylation sites (tertiary alicyclic amines) is 1. The zero-order valence-corrected chi connectivity index (χ0v) is 22.1. The Kier molecular flexibility index (Phi) is 11.6. The number of thioether (sulfide) groups is 1. The van der Waals surface area contributed by atoms with Crippen LogP contribution in [0.2, 0.25) is 0 Å². The number of hydrogen-bond donors (Lipinski definition) is 2. The summed E-state index contributed by atoms with van der Waals surface area (Å²) < 4.78 is 5.37. The number of carboxylic acid groups (broad SMARTS) is 1. The molecule has 1 saturated heterocycles. The van der Waals surface area contributed by atoms with Crippen LogP contribution in [0, 0.1) is 11.8 Å². The number of aromatic nitrogens is 1. The van der Waals surface area contributed by atoms with E-state index in [1.165, 1.54) is 30.8 Å². The van der Waals surface area contributed by atoms with Crippen LogP contribution in [0.5, 0.6) is 5.75 Å². The van der Waals surface area contributed by atoms with E-state index in [2.05, 4.69) is 16.8 Å². The first-order valence-corrected chi connectivity index (χ1v) is 14.3. The highest BCUT2D eigenvalue weighted by molar-refractivity contribution is 7.99. The number of aliphatic hydroxyl groups is 1. The lowest BCUT2D eigenvalue weighted by atomic mass is 9.79. The highest BCUT2D eigenvalue weighted by atomic mass is 32.2. The first-order valence-electron chi connectivity index (χ1n) is 13.1. The van der Waals surface area contributed by atoms with Crippen molar-refractivity contribution < 1.29 is 19.7 Å². The normalized spacial score (nSPS) is 19.6. The molecule has 1 fully saturated rings. The summed E-state index contributed by atoms with van der Waals surface area (Å²) in [6.07, 6.45) is 8.50. The molecule has 3 atom stereocenters. The zero-order valence-electron chi connectivity index (χ0n) is 21.3. The van der Waals surface area contributed by atoms with Crippen LogP contribution in [0.15, 0.2) is 30.5 Å². The fourth-order valence-corrected chi connectivity index (χ4v) is 6.24. The number of aliphatic hydroxyl groups excluding tert-OH is 1. The largest absolute Gasteiger partial charge is 0.497 e. The van der Waals surface area contributed by atoms with E-state index in [1.807, 2.05) is 36.0 Å². The Bertz CT molecular complexity index is 925. The molecule has 35 heavy (non-hydrogen) atoms. The van der Waals surface area contributed by atoms with Gasteiger partial charge in [0.1, 0.15) is 5.75 Å². The Morgan fingerprint density at radius 2 is 2.06 bits per heavy atom. The molecule has 0 bridgehead atoms. The summed E-state index contributed by atoms with van der Waals surface area (Å²) in [5, 5.41) is 21.3. The van der Waals surface area contributed by atoms with Crippen molar-refractivity contribution >= 4 is 28.6 Å². The average molecular weight is 503 g/mol. The lowest BCUT2D eigenvalue weighted by Gasteiger charge is -2.39. The van der Waals surface area contributed by atoms with Gasteiger partial charge < -0.3 is 19.8 Å². The van der Waals surface area contributed by atoms with E-state index in [0.29, 0.717) is 24.7 Å². The smallest absolute Gasteiger partial charge is 0.303 e. The van der Waals surface area contributed by atoms with E-state index in [1.54, 1.807) is 13.3 Å². The van der Waals surface area contributed by atoms with Crippen molar-refractivity contribution in [3.05, 3.63) is 36.0 Å². The van der Waals surface area contributed by atoms with E-state index in [0.717, 1.165) is 54.7 Å². The summed E-state index contributed by atoms with van der Waals surface area (Å²) in [7, 11) is 1.64. The van der Waals surface area contributed by atoms with Crippen LogP contribution < -0.4 is 4.74 Å². The van der Waals surface area contributed by atoms with Gasteiger partial charge in [-0.1, -0.05) is 13.3 Å². The summed E-state index contributed by atoms with van der Waals surface area (Å²) in [4.78, 5) is 18.2. The lowest BCUT2D eigenvalue weighted by Crippen LogP contribution is -2.41. The Morgan fingerprint density at radius 3 is 2.83 bits per heavy atom. The Morgan fingerprint density at radius 1 is 1.23 bits per heavy atom. The van der Waals surface area contributed by atoms with E-state index >= 15 is 0 Å². The number of carbonyl (C=O) groups is 1. The average Bonchev–Trinajstić information content (AvgIpc) is 2.87. The van der Waals surface area contributed by atoms with Gasteiger partial charge in [-0.2, -0.15) is 11.8 Å². The summed E-state index contributed by atoms with van der Waals surface area (Å²) in [5.41, 5.74) is 1.73. The number of nitrogens with zero attached hydrogens (tertiary/aromatic N) is 2. The molecule has 2 N–H and O–H groups in total. The van der Waals surface area contributed by atoms with Crippen LogP contribution in [-0.4, -0.2) is 64.3 Å². The molecule has 0 amide bonds. The van der Waals surface area contributed by atoms with E-state index in [-0.39, 0.29) is 6.42 Å². The monoisotopic (exact) mass is 502 g/mol. The molecule has 0 aliphatic carbocycles. The second-order valence-electron chi connectivity index (χ2n) is 9.74. The van der Waals surface area contributed by atoms with Crippen molar-refractivity contribution in [3.8, 4) is 5.75 Å². The van der Waals surface area contributed by atoms with Crippen LogP contribution in [0.4, 0.5) is 0 Å². The third kappa shape index (κ3) is 8.65. The molecule has 0 spiro atoms. The first-order chi connectivity index (χ1) is 17.0. The Balaban J connectivity index is 1.56. The van der Waals surface area contributed by atoms with Gasteiger partial charge in [0.2, 0.25) is 0 Å². The summed E-state index contributed by atoms with van der Waals surface area (Å²) in [6, 6.07) is 7.64. The molecule has 6 nitrogen and oxygen atoms in total. The number of methoxy groups -OCH3 is 1. The Labute approximate surface area is 214 Å². The second-order valence-corrected chi connectivity index (χ2v) is 11.0. The van der Waals surface area contributed by atoms with Gasteiger partial charge in [0.05, 0.1) is 18.7 Å². The van der Waals surface area contributed by atoms with Crippen LogP contribution in [0.3, 0.4) is 0 Å². The summed E-state index contributed by atoms with van der Waals surface area (Å²) in [5.74, 6) is 3.31. The topological polar surface area (TPSA) is 82.9 Å². The number of fused-ring (bicyclic) bond motifs is 1. The zero-order chi connectivity index (χ0) is 25.0. The van der Waals surface area contributed by atoms with Crippen molar-refractivity contribution in [2.45, 2.75) is 64.4 Å². The molecule has 3 rings (SSSR count). The number of aliphatic carboxylic acids is 1. The van der Waals surface area contributed by atoms with Crippen molar-refractivity contribution in [2.24, 2.45) is 11.8 Å². The number of hydrogen-bond acceptors (Lipinski definition) is 6. The number of rotatable bonds is 15. The summed E-state index contributed by atoms with van der Waals surface area (Å²) >= 11 is 2.05. The number of benzene rings is 1. The highest BCUT2D eigenvalue weighted by Crippen LogP contribution is 2.35. The van der Waals surface area contributed by atoms with Crippen LogP contribution >= 0.6 is 11.8 Å². The quantitative estimate of drug-likeness (QED) is 0.299. The van der Waals surface area contributed by atoms with Gasteiger partial charge in [0.15, 0.2) is 0 Å². The fourth-order valence-electron chi connectivity index (χ4n) is 5.21. The predicted octanol–water partition coefficient (Wildman–Crippen LogP) is 5.78. The predicted molar refractivity (Wildman–Crippen MR) is 144 cm³/mol. The van der Waals surface area contributed by atoms with Gasteiger partial charge in [-0.25, -0.2) is 0 Å². The van der Waals surface area contributed by atoms with Crippen LogP contribution in [0.1, 0.15) is 70.0 Å². The minimum absolute atomic E-state index is 0.221. The first kappa shape index (κ1) is 27.8. The van der Waals surface area contributed by atoms with Crippen molar-refractivity contribution in [3.63, 3.8) is 0 Å². The number of piperidine rings is 1. The third-order valence-electron chi connectivity index (χ3n) is 7.26. The number of carboxylic acids is 1. The Hall–Kier alpha value is -1.83. The van der Waals surface area contributed by atoms with E-state index < -0.39 is 12.1 Å². The number of unbranched alkanes of at least 4 members (excludes halogenated alkanes) is 1. The number of ether oxygens (including phenoxy) is 1. The van der Waals surface area contributed by atoms with Gasteiger partial charge in [0, 0.05) is 24.5 Å². The molecule has 2 unspecified atom stereocenters. The van der Waals surface area contributed by atoms with E-state index in [4.69, 9.17) is 4.74 Å².